The number of phenols is 1. The van der Waals surface area contributed by atoms with Gasteiger partial charge in [0.1, 0.15) is 11.5 Å². The van der Waals surface area contributed by atoms with E-state index < -0.39 is 6.61 Å². The lowest BCUT2D eigenvalue weighted by atomic mass is 9.88. The number of ether oxygens (including phenoxy) is 1. The summed E-state index contributed by atoms with van der Waals surface area (Å²) in [4.78, 5) is 4.17. The molecular weight excluding hydrogens is 364 g/mol. The molecule has 7 heteroatoms. The Morgan fingerprint density at radius 3 is 2.64 bits per heavy atom. The van der Waals surface area contributed by atoms with E-state index in [1.54, 1.807) is 31.3 Å². The van der Waals surface area contributed by atoms with Gasteiger partial charge in [0.25, 0.3) is 0 Å². The van der Waals surface area contributed by atoms with E-state index in [0.29, 0.717) is 18.1 Å². The highest BCUT2D eigenvalue weighted by Crippen LogP contribution is 2.30. The number of guanidine groups is 1. The fourth-order valence-corrected chi connectivity index (χ4v) is 3.52. The maximum atomic E-state index is 12.5. The lowest BCUT2D eigenvalue weighted by Gasteiger charge is -2.21. The van der Waals surface area contributed by atoms with Crippen molar-refractivity contribution in [3.8, 4) is 11.5 Å². The number of benzene rings is 2. The highest BCUT2D eigenvalue weighted by atomic mass is 19.3. The van der Waals surface area contributed by atoms with Crippen LogP contribution in [-0.4, -0.2) is 24.7 Å². The van der Waals surface area contributed by atoms with E-state index in [1.807, 2.05) is 6.07 Å². The molecule has 3 rings (SSSR count). The summed E-state index contributed by atoms with van der Waals surface area (Å²) in [6.45, 7) is -2.16. The van der Waals surface area contributed by atoms with E-state index >= 15 is 0 Å². The van der Waals surface area contributed by atoms with Crippen molar-refractivity contribution in [1.29, 1.82) is 0 Å². The Morgan fingerprint density at radius 1 is 1.11 bits per heavy atom. The van der Waals surface area contributed by atoms with Crippen LogP contribution in [0.2, 0.25) is 0 Å². The van der Waals surface area contributed by atoms with Crippen LogP contribution < -0.4 is 15.4 Å². The van der Waals surface area contributed by atoms with E-state index in [0.717, 1.165) is 24.8 Å². The van der Waals surface area contributed by atoms with Crippen LogP contribution in [-0.2, 0) is 25.9 Å². The zero-order valence-electron chi connectivity index (χ0n) is 15.8. The largest absolute Gasteiger partial charge is 0.508 e. The van der Waals surface area contributed by atoms with Gasteiger partial charge in [-0.3, -0.25) is 4.99 Å². The summed E-state index contributed by atoms with van der Waals surface area (Å²) in [6, 6.07) is 10.4. The molecular formula is C21H25F2N3O2. The number of rotatable bonds is 6. The molecule has 2 aromatic carbocycles. The van der Waals surface area contributed by atoms with Crippen LogP contribution in [0.3, 0.4) is 0 Å². The minimum absolute atomic E-state index is 0.134. The summed E-state index contributed by atoms with van der Waals surface area (Å²) in [7, 11) is 1.64. The molecule has 0 fully saturated rings. The topological polar surface area (TPSA) is 65.9 Å². The van der Waals surface area contributed by atoms with Gasteiger partial charge in [0.15, 0.2) is 5.96 Å². The second kappa shape index (κ2) is 9.39. The fraction of sp³-hybridized carbons (Fsp3) is 0.381. The zero-order valence-corrected chi connectivity index (χ0v) is 15.8. The first-order chi connectivity index (χ1) is 13.6. The maximum absolute atomic E-state index is 12.5. The highest BCUT2D eigenvalue weighted by molar-refractivity contribution is 5.79. The van der Waals surface area contributed by atoms with Gasteiger partial charge in [-0.05, 0) is 48.9 Å². The number of halogens is 2. The smallest absolute Gasteiger partial charge is 0.387 e. The average Bonchev–Trinajstić information content (AvgIpc) is 2.70. The number of nitrogens with one attached hydrogen (secondary N) is 2. The van der Waals surface area contributed by atoms with Gasteiger partial charge in [-0.2, -0.15) is 8.78 Å². The van der Waals surface area contributed by atoms with Crippen molar-refractivity contribution < 1.29 is 18.6 Å². The monoisotopic (exact) mass is 389 g/mol. The number of aromatic hydroxyl groups is 1. The maximum Gasteiger partial charge on any atom is 0.387 e. The molecule has 1 aliphatic carbocycles. The van der Waals surface area contributed by atoms with E-state index in [9.17, 15) is 13.9 Å². The molecule has 0 amide bonds. The van der Waals surface area contributed by atoms with Crippen molar-refractivity contribution in [2.24, 2.45) is 4.99 Å². The van der Waals surface area contributed by atoms with E-state index in [2.05, 4.69) is 20.4 Å². The number of aliphatic imine (C=N–C) groups is 1. The van der Waals surface area contributed by atoms with Crippen LogP contribution in [0, 0.1) is 0 Å². The van der Waals surface area contributed by atoms with Gasteiger partial charge < -0.3 is 20.5 Å². The second-order valence-corrected chi connectivity index (χ2v) is 6.67. The molecule has 150 valence electrons. The Balaban J connectivity index is 1.64. The number of fused-ring (bicyclic) bond motifs is 1. The molecule has 1 aliphatic rings. The van der Waals surface area contributed by atoms with Crippen LogP contribution in [0.4, 0.5) is 8.78 Å². The van der Waals surface area contributed by atoms with Crippen molar-refractivity contribution >= 4 is 5.96 Å². The van der Waals surface area contributed by atoms with E-state index in [4.69, 9.17) is 0 Å². The van der Waals surface area contributed by atoms with Gasteiger partial charge in [-0.15, -0.1) is 0 Å². The third-order valence-electron chi connectivity index (χ3n) is 4.92. The fourth-order valence-electron chi connectivity index (χ4n) is 3.52. The number of hydrogen-bond donors (Lipinski definition) is 3. The summed E-state index contributed by atoms with van der Waals surface area (Å²) < 4.78 is 29.6. The summed E-state index contributed by atoms with van der Waals surface area (Å²) in [5.41, 5.74) is 4.00. The molecule has 3 N–H and O–H groups in total. The van der Waals surface area contributed by atoms with Crippen LogP contribution in [0.5, 0.6) is 11.5 Å². The number of hydrogen-bond acceptors (Lipinski definition) is 3. The lowest BCUT2D eigenvalue weighted by molar-refractivity contribution is -0.0504. The van der Waals surface area contributed by atoms with Crippen molar-refractivity contribution in [1.82, 2.24) is 10.6 Å². The molecule has 0 unspecified atom stereocenters. The molecule has 0 bridgehead atoms. The van der Waals surface area contributed by atoms with Gasteiger partial charge in [0, 0.05) is 31.3 Å². The quantitative estimate of drug-likeness (QED) is 0.520. The molecule has 2 aromatic rings. The van der Waals surface area contributed by atoms with Gasteiger partial charge >= 0.3 is 6.61 Å². The number of nitrogens with zero attached hydrogens (tertiary/aromatic N) is 1. The third kappa shape index (κ3) is 4.91. The third-order valence-corrected chi connectivity index (χ3v) is 4.92. The first-order valence-electron chi connectivity index (χ1n) is 9.38. The van der Waals surface area contributed by atoms with Crippen LogP contribution in [0.25, 0.3) is 0 Å². The molecule has 5 nitrogen and oxygen atoms in total. The molecule has 0 radical (unpaired) electrons. The molecule has 0 aromatic heterocycles. The summed E-state index contributed by atoms with van der Waals surface area (Å²) in [6.07, 6.45) is 4.30. The average molecular weight is 389 g/mol. The van der Waals surface area contributed by atoms with Gasteiger partial charge in [0.05, 0.1) is 0 Å². The minimum Gasteiger partial charge on any atom is -0.508 e. The van der Waals surface area contributed by atoms with Crippen molar-refractivity contribution in [3.05, 3.63) is 58.7 Å². The standard InChI is InChI=1S/C21H25F2N3O2/c1-24-21(25-12-15-7-3-5-9-19(15)28-20(22)23)26-13-17-16-8-4-2-6-14(16)10-11-18(17)27/h3,5,7,9-11,20,27H,2,4,6,8,12-13H2,1H3,(H2,24,25,26). The number of para-hydroxylation sites is 1. The lowest BCUT2D eigenvalue weighted by Crippen LogP contribution is -2.36. The Hall–Kier alpha value is -2.83. The van der Waals surface area contributed by atoms with Crippen LogP contribution in [0.15, 0.2) is 41.4 Å². The first kappa shape index (κ1) is 19.9. The first-order valence-corrected chi connectivity index (χ1v) is 9.38. The zero-order chi connectivity index (χ0) is 19.9. The molecule has 0 spiro atoms. The summed E-state index contributed by atoms with van der Waals surface area (Å²) >= 11 is 0. The van der Waals surface area contributed by atoms with Gasteiger partial charge in [-0.25, -0.2) is 0 Å². The van der Waals surface area contributed by atoms with Gasteiger partial charge in [0.2, 0.25) is 0 Å². The molecule has 28 heavy (non-hydrogen) atoms. The Bertz CT molecular complexity index is 840. The molecule has 0 heterocycles. The number of aryl methyl sites for hydroxylation is 1. The van der Waals surface area contributed by atoms with Crippen LogP contribution in [0.1, 0.15) is 35.1 Å². The Labute approximate surface area is 163 Å². The number of alkyl halides is 2. The van der Waals surface area contributed by atoms with Crippen molar-refractivity contribution in [3.63, 3.8) is 0 Å². The predicted molar refractivity (Wildman–Crippen MR) is 105 cm³/mol. The van der Waals surface area contributed by atoms with E-state index in [-0.39, 0.29) is 18.0 Å². The van der Waals surface area contributed by atoms with Crippen molar-refractivity contribution in [2.75, 3.05) is 7.05 Å². The Kier molecular flexibility index (Phi) is 6.68. The predicted octanol–water partition coefficient (Wildman–Crippen LogP) is 3.74. The minimum atomic E-state index is -2.87. The Morgan fingerprint density at radius 2 is 1.86 bits per heavy atom. The summed E-state index contributed by atoms with van der Waals surface area (Å²) in [5, 5.41) is 16.6. The van der Waals surface area contributed by atoms with Gasteiger partial charge in [-0.1, -0.05) is 24.3 Å². The normalized spacial score (nSPS) is 13.9. The second-order valence-electron chi connectivity index (χ2n) is 6.67. The number of phenolic OH excluding ortho intramolecular Hbond substituents is 1. The van der Waals surface area contributed by atoms with Crippen molar-refractivity contribution in [2.45, 2.75) is 45.4 Å². The van der Waals surface area contributed by atoms with E-state index in [1.165, 1.54) is 23.6 Å². The molecule has 0 saturated carbocycles. The SMILES string of the molecule is CN=C(NCc1ccccc1OC(F)F)NCc1c(O)ccc2c1CCCC2. The summed E-state index contributed by atoms with van der Waals surface area (Å²) in [5.74, 6) is 0.925. The molecule has 0 atom stereocenters. The molecule has 0 aliphatic heterocycles. The van der Waals surface area contributed by atoms with Crippen LogP contribution >= 0.6 is 0 Å². The highest BCUT2D eigenvalue weighted by Gasteiger charge is 2.16. The molecule has 0 saturated heterocycles.